The van der Waals surface area contributed by atoms with Crippen molar-refractivity contribution in [1.29, 1.82) is 0 Å². The van der Waals surface area contributed by atoms with Gasteiger partial charge in [-0.25, -0.2) is 16.8 Å². The number of anilines is 2. The number of carbonyl (C=O) groups excluding carboxylic acids is 2. The Kier molecular flexibility index (Phi) is 12.9. The van der Waals surface area contributed by atoms with E-state index in [0.29, 0.717) is 34.0 Å². The maximum atomic E-state index is 13.0. The van der Waals surface area contributed by atoms with Gasteiger partial charge in [-0.2, -0.15) is 10.2 Å². The molecule has 0 fully saturated rings. The van der Waals surface area contributed by atoms with E-state index in [0.717, 1.165) is 12.2 Å². The third kappa shape index (κ3) is 8.31. The topological polar surface area (TPSA) is 216 Å². The molecule has 14 nitrogen and oxygen atoms in total. The van der Waals surface area contributed by atoms with Crippen molar-refractivity contribution >= 4 is 64.4 Å². The molecule has 0 unspecified atom stereocenters. The molecule has 4 aromatic rings. The number of ketones is 2. The fourth-order valence-corrected chi connectivity index (χ4v) is 6.76. The summed E-state index contributed by atoms with van der Waals surface area (Å²) in [7, 11) is -7.00. The van der Waals surface area contributed by atoms with Crippen LogP contribution in [-0.4, -0.2) is 63.2 Å². The molecule has 0 saturated carbocycles. The Bertz CT molecular complexity index is 2290. The molecule has 6 rings (SSSR count). The van der Waals surface area contributed by atoms with E-state index in [1.807, 2.05) is 0 Å². The number of hydrazone groups is 2. The third-order valence-electron chi connectivity index (χ3n) is 7.74. The Hall–Kier alpha value is -3.94. The molecule has 0 spiro atoms. The van der Waals surface area contributed by atoms with Crippen molar-refractivity contribution in [2.24, 2.45) is 10.2 Å². The van der Waals surface area contributed by atoms with Gasteiger partial charge in [-0.3, -0.25) is 20.4 Å². The van der Waals surface area contributed by atoms with Gasteiger partial charge in [0.25, 0.3) is 0 Å². The number of allylic oxidation sites excluding steroid dienone is 2. The zero-order valence-corrected chi connectivity index (χ0v) is 33.7. The summed E-state index contributed by atoms with van der Waals surface area (Å²) in [5.41, 5.74) is 6.86. The van der Waals surface area contributed by atoms with E-state index >= 15 is 0 Å². The molecular weight excluding hydrogens is 735 g/mol. The molecule has 0 saturated heterocycles. The van der Waals surface area contributed by atoms with E-state index < -0.39 is 41.6 Å². The molecule has 0 bridgehead atoms. The van der Waals surface area contributed by atoms with Gasteiger partial charge >= 0.3 is 59.1 Å². The predicted molar refractivity (Wildman–Crippen MR) is 184 cm³/mol. The Morgan fingerprint density at radius 1 is 0.558 bits per heavy atom. The Balaban J connectivity index is 0.00000302. The first-order chi connectivity index (χ1) is 23.8. The minimum atomic E-state index is -4.91. The van der Waals surface area contributed by atoms with Crippen LogP contribution in [0.1, 0.15) is 31.8 Å². The maximum Gasteiger partial charge on any atom is 1.00 e. The van der Waals surface area contributed by atoms with Crippen LogP contribution in [0.15, 0.2) is 107 Å². The molecule has 0 heterocycles. The summed E-state index contributed by atoms with van der Waals surface area (Å²) in [6.45, 7) is 0. The molecule has 18 heteroatoms. The number of nitrogens with one attached hydrogen (secondary N) is 2. The van der Waals surface area contributed by atoms with Gasteiger partial charge in [-0.1, -0.05) is 60.7 Å². The summed E-state index contributed by atoms with van der Waals surface area (Å²) in [5, 5.41) is 8.16. The largest absolute Gasteiger partial charge is 1.00 e. The number of nitrogens with zero attached hydrogens (tertiary/aromatic N) is 2. The summed E-state index contributed by atoms with van der Waals surface area (Å²) >= 11 is 0. The maximum absolute atomic E-state index is 13.0. The molecular formula is C34H24N4Na2O10S2. The zero-order chi connectivity index (χ0) is 35.8. The minimum absolute atomic E-state index is 0. The van der Waals surface area contributed by atoms with Crippen LogP contribution in [0.2, 0.25) is 0 Å². The molecule has 2 aliphatic rings. The van der Waals surface area contributed by atoms with E-state index in [-0.39, 0.29) is 92.8 Å². The zero-order valence-electron chi connectivity index (χ0n) is 28.0. The average Bonchev–Trinajstić information content (AvgIpc) is 3.10. The molecule has 0 radical (unpaired) electrons. The van der Waals surface area contributed by atoms with Gasteiger partial charge < -0.3 is 18.6 Å². The van der Waals surface area contributed by atoms with Crippen LogP contribution >= 0.6 is 0 Å². The van der Waals surface area contributed by atoms with Crippen molar-refractivity contribution < 1.29 is 104 Å². The van der Waals surface area contributed by atoms with E-state index in [2.05, 4.69) is 21.1 Å². The standard InChI is InChI=1S/C34H26N4O10S2.2Na/c1-47-29-15-19(11-13-25(29)35-37-27-17-31(49(41,42)43)21-7-3-5-9-23(21)33(27)39)20-12-14-26(30(16-20)48-2)36-38-28-18-32(50(44,45)46)22-8-4-6-10-24(22)34(28)40;;/h3-18,35-36H,1-2H3,(H,41,42,43)(H,44,45,46);;/q;2*+1/p-2. The van der Waals surface area contributed by atoms with Crippen molar-refractivity contribution in [3.63, 3.8) is 0 Å². The van der Waals surface area contributed by atoms with Crippen molar-refractivity contribution in [3.05, 3.63) is 119 Å². The first kappa shape index (κ1) is 40.8. The molecule has 0 amide bonds. The third-order valence-corrected chi connectivity index (χ3v) is 9.50. The van der Waals surface area contributed by atoms with Gasteiger partial charge in [0.1, 0.15) is 43.2 Å². The Morgan fingerprint density at radius 3 is 1.23 bits per heavy atom. The fourth-order valence-electron chi connectivity index (χ4n) is 5.35. The van der Waals surface area contributed by atoms with Gasteiger partial charge in [0.2, 0.25) is 11.6 Å². The van der Waals surface area contributed by atoms with Gasteiger partial charge in [-0.15, -0.1) is 0 Å². The number of hydrogen-bond acceptors (Lipinski definition) is 14. The Labute approximate surface area is 342 Å². The molecule has 0 aromatic heterocycles. The van der Waals surface area contributed by atoms with Crippen LogP contribution < -0.4 is 79.4 Å². The number of Topliss-reactive ketones (excluding diaryl/α,β-unsaturated/α-hetero) is 2. The summed E-state index contributed by atoms with van der Waals surface area (Å²) in [6, 6.07) is 21.7. The molecule has 0 atom stereocenters. The van der Waals surface area contributed by atoms with Gasteiger partial charge in [-0.05, 0) is 47.5 Å². The summed E-state index contributed by atoms with van der Waals surface area (Å²) < 4.78 is 82.6. The second-order valence-corrected chi connectivity index (χ2v) is 13.4. The molecule has 52 heavy (non-hydrogen) atoms. The van der Waals surface area contributed by atoms with Crippen LogP contribution in [0, 0.1) is 0 Å². The fraction of sp³-hybridized carbons (Fsp3) is 0.0588. The summed E-state index contributed by atoms with van der Waals surface area (Å²) in [4.78, 5) is 24.9. The SMILES string of the molecule is COc1cc(-c2ccc(NN=C3C=C(S(=O)(=O)[O-])c4ccccc4C3=O)c(OC)c2)ccc1NN=C1C=C(S(=O)(=O)[O-])c2ccccc2C1=O.[Na+].[Na+]. The van der Waals surface area contributed by atoms with Crippen molar-refractivity contribution in [2.45, 2.75) is 0 Å². The summed E-state index contributed by atoms with van der Waals surface area (Å²) in [5.74, 6) is -0.551. The van der Waals surface area contributed by atoms with Crippen LogP contribution in [-0.2, 0) is 20.2 Å². The van der Waals surface area contributed by atoms with Gasteiger partial charge in [0, 0.05) is 22.3 Å². The predicted octanol–water partition coefficient (Wildman–Crippen LogP) is -1.52. The monoisotopic (exact) mass is 758 g/mol. The van der Waals surface area contributed by atoms with E-state index in [1.165, 1.54) is 50.6 Å². The number of fused-ring (bicyclic) bond motifs is 2. The second-order valence-electron chi connectivity index (χ2n) is 10.7. The van der Waals surface area contributed by atoms with E-state index in [4.69, 9.17) is 9.47 Å². The first-order valence-electron chi connectivity index (χ1n) is 14.5. The molecule has 0 aliphatic heterocycles. The minimum Gasteiger partial charge on any atom is -0.744 e. The quantitative estimate of drug-likeness (QED) is 0.113. The van der Waals surface area contributed by atoms with Gasteiger partial charge in [0.15, 0.2) is 0 Å². The number of hydrogen-bond donors (Lipinski definition) is 2. The molecule has 4 aromatic carbocycles. The van der Waals surface area contributed by atoms with Crippen LogP contribution in [0.5, 0.6) is 11.5 Å². The van der Waals surface area contributed by atoms with Crippen LogP contribution in [0.4, 0.5) is 11.4 Å². The number of methoxy groups -OCH3 is 2. The van der Waals surface area contributed by atoms with Crippen LogP contribution in [0.25, 0.3) is 20.9 Å². The van der Waals surface area contributed by atoms with Crippen molar-refractivity contribution in [3.8, 4) is 22.6 Å². The smallest absolute Gasteiger partial charge is 0.744 e. The van der Waals surface area contributed by atoms with Crippen LogP contribution in [0.3, 0.4) is 0 Å². The molecule has 254 valence electrons. The second kappa shape index (κ2) is 16.4. The van der Waals surface area contributed by atoms with Gasteiger partial charge in [0.05, 0.1) is 35.4 Å². The Morgan fingerprint density at radius 2 is 0.904 bits per heavy atom. The summed E-state index contributed by atoms with van der Waals surface area (Å²) in [6.07, 6.45) is 1.86. The van der Waals surface area contributed by atoms with E-state index in [9.17, 15) is 35.5 Å². The molecule has 2 aliphatic carbocycles. The molecule has 2 N–H and O–H groups in total. The number of rotatable bonds is 9. The number of carbonyl (C=O) groups is 2. The average molecular weight is 759 g/mol. The first-order valence-corrected chi connectivity index (χ1v) is 17.3. The van der Waals surface area contributed by atoms with E-state index in [1.54, 1.807) is 48.5 Å². The number of ether oxygens (including phenoxy) is 2. The van der Waals surface area contributed by atoms with Crippen molar-refractivity contribution in [1.82, 2.24) is 0 Å². The normalized spacial score (nSPS) is 15.3. The van der Waals surface area contributed by atoms with Crippen molar-refractivity contribution in [2.75, 3.05) is 25.1 Å². The number of benzene rings is 4.